The van der Waals surface area contributed by atoms with Gasteiger partial charge in [0, 0.05) is 5.69 Å². The summed E-state index contributed by atoms with van der Waals surface area (Å²) in [5.41, 5.74) is 3.01. The minimum atomic E-state index is -0.455. The van der Waals surface area contributed by atoms with Crippen LogP contribution in [0.1, 0.15) is 17.2 Å². The molecular formula is C14H15NO2S. The van der Waals surface area contributed by atoms with Crippen molar-refractivity contribution in [3.8, 4) is 0 Å². The molecule has 2 rings (SSSR count). The molecule has 0 aliphatic rings. The maximum atomic E-state index is 11.8. The molecule has 18 heavy (non-hydrogen) atoms. The number of hydrogen-bond donors (Lipinski definition) is 1. The van der Waals surface area contributed by atoms with Crippen LogP contribution in [0.5, 0.6) is 0 Å². The lowest BCUT2D eigenvalue weighted by Crippen LogP contribution is -2.21. The molecule has 3 nitrogen and oxygen atoms in total. The number of carbonyl (C=O) groups is 1. The first kappa shape index (κ1) is 12.6. The summed E-state index contributed by atoms with van der Waals surface area (Å²) in [5.74, 6) is -0.283. The monoisotopic (exact) mass is 261 g/mol. The summed E-state index contributed by atoms with van der Waals surface area (Å²) in [4.78, 5) is 11.8. The molecule has 1 unspecified atom stereocenters. The summed E-state index contributed by atoms with van der Waals surface area (Å²) in [6.07, 6.45) is 0. The van der Waals surface area contributed by atoms with Crippen LogP contribution >= 0.6 is 11.3 Å². The molecule has 0 saturated carbocycles. The highest BCUT2D eigenvalue weighted by molar-refractivity contribution is 7.08. The summed E-state index contributed by atoms with van der Waals surface area (Å²) in [6.45, 7) is 2.03. The van der Waals surface area contributed by atoms with Crippen molar-refractivity contribution in [3.05, 3.63) is 52.2 Å². The van der Waals surface area contributed by atoms with Gasteiger partial charge in [0.25, 0.3) is 0 Å². The van der Waals surface area contributed by atoms with Crippen LogP contribution < -0.4 is 5.32 Å². The highest BCUT2D eigenvalue weighted by atomic mass is 32.1. The zero-order chi connectivity index (χ0) is 13.0. The molecule has 1 heterocycles. The first-order valence-corrected chi connectivity index (χ1v) is 6.58. The topological polar surface area (TPSA) is 38.3 Å². The van der Waals surface area contributed by atoms with Gasteiger partial charge in [0.05, 0.1) is 7.11 Å². The van der Waals surface area contributed by atoms with Gasteiger partial charge in [-0.1, -0.05) is 17.7 Å². The second-order valence-corrected chi connectivity index (χ2v) is 4.80. The minimum Gasteiger partial charge on any atom is -0.467 e. The molecule has 0 bridgehead atoms. The van der Waals surface area contributed by atoms with Crippen molar-refractivity contribution in [3.63, 3.8) is 0 Å². The molecule has 1 atom stereocenters. The Kier molecular flexibility index (Phi) is 3.99. The first-order chi connectivity index (χ1) is 8.70. The number of ether oxygens (including phenoxy) is 1. The molecule has 1 aromatic heterocycles. The van der Waals surface area contributed by atoms with Gasteiger partial charge < -0.3 is 10.1 Å². The van der Waals surface area contributed by atoms with E-state index in [1.165, 1.54) is 12.7 Å². The van der Waals surface area contributed by atoms with E-state index in [4.69, 9.17) is 4.74 Å². The van der Waals surface area contributed by atoms with Crippen LogP contribution in [0.3, 0.4) is 0 Å². The van der Waals surface area contributed by atoms with Crippen molar-refractivity contribution >= 4 is 23.0 Å². The van der Waals surface area contributed by atoms with E-state index in [9.17, 15) is 4.79 Å². The SMILES string of the molecule is COC(=O)C(Nc1ccc(C)cc1)c1ccsc1. The molecule has 0 fully saturated rings. The number of esters is 1. The molecule has 0 aliphatic heterocycles. The van der Waals surface area contributed by atoms with Crippen molar-refractivity contribution < 1.29 is 9.53 Å². The van der Waals surface area contributed by atoms with Crippen LogP contribution in [-0.2, 0) is 9.53 Å². The fraction of sp³-hybridized carbons (Fsp3) is 0.214. The Morgan fingerprint density at radius 2 is 2.00 bits per heavy atom. The Hall–Kier alpha value is -1.81. The summed E-state index contributed by atoms with van der Waals surface area (Å²) >= 11 is 1.56. The number of methoxy groups -OCH3 is 1. The summed E-state index contributed by atoms with van der Waals surface area (Å²) in [7, 11) is 1.40. The van der Waals surface area contributed by atoms with Gasteiger partial charge >= 0.3 is 5.97 Å². The summed E-state index contributed by atoms with van der Waals surface area (Å²) < 4.78 is 4.84. The Morgan fingerprint density at radius 1 is 1.28 bits per heavy atom. The van der Waals surface area contributed by atoms with Crippen molar-refractivity contribution in [1.29, 1.82) is 0 Å². The average molecular weight is 261 g/mol. The maximum Gasteiger partial charge on any atom is 0.333 e. The van der Waals surface area contributed by atoms with E-state index >= 15 is 0 Å². The summed E-state index contributed by atoms with van der Waals surface area (Å²) in [6, 6.07) is 9.39. The molecule has 0 saturated heterocycles. The minimum absolute atomic E-state index is 0.283. The number of nitrogens with one attached hydrogen (secondary N) is 1. The Morgan fingerprint density at radius 3 is 2.56 bits per heavy atom. The van der Waals surface area contributed by atoms with Crippen LogP contribution in [0.2, 0.25) is 0 Å². The van der Waals surface area contributed by atoms with E-state index in [0.717, 1.165) is 11.3 Å². The quantitative estimate of drug-likeness (QED) is 0.857. The van der Waals surface area contributed by atoms with Crippen molar-refractivity contribution in [2.45, 2.75) is 13.0 Å². The number of rotatable bonds is 4. The highest BCUT2D eigenvalue weighted by Crippen LogP contribution is 2.23. The van der Waals surface area contributed by atoms with Gasteiger partial charge in [0.1, 0.15) is 0 Å². The van der Waals surface area contributed by atoms with Gasteiger partial charge in [-0.2, -0.15) is 11.3 Å². The highest BCUT2D eigenvalue weighted by Gasteiger charge is 2.21. The Balaban J connectivity index is 2.20. The maximum absolute atomic E-state index is 11.8. The third kappa shape index (κ3) is 2.90. The molecule has 0 radical (unpaired) electrons. The standard InChI is InChI=1S/C14H15NO2S/c1-10-3-5-12(6-4-10)15-13(14(16)17-2)11-7-8-18-9-11/h3-9,13,15H,1-2H3. The second kappa shape index (κ2) is 5.69. The average Bonchev–Trinajstić information content (AvgIpc) is 2.91. The van der Waals surface area contributed by atoms with E-state index in [2.05, 4.69) is 5.32 Å². The predicted octanol–water partition coefficient (Wildman–Crippen LogP) is 3.38. The number of benzene rings is 1. The van der Waals surface area contributed by atoms with E-state index in [-0.39, 0.29) is 5.97 Å². The van der Waals surface area contributed by atoms with Gasteiger partial charge in [0.2, 0.25) is 0 Å². The zero-order valence-corrected chi connectivity index (χ0v) is 11.2. The number of carbonyl (C=O) groups excluding carboxylic acids is 1. The Labute approximate surface area is 110 Å². The smallest absolute Gasteiger partial charge is 0.333 e. The molecule has 0 spiro atoms. The lowest BCUT2D eigenvalue weighted by atomic mass is 10.1. The predicted molar refractivity (Wildman–Crippen MR) is 73.9 cm³/mol. The first-order valence-electron chi connectivity index (χ1n) is 5.64. The van der Waals surface area contributed by atoms with Gasteiger partial charge in [0.15, 0.2) is 6.04 Å². The fourth-order valence-corrected chi connectivity index (χ4v) is 2.34. The van der Waals surface area contributed by atoms with Crippen LogP contribution in [0.15, 0.2) is 41.1 Å². The van der Waals surface area contributed by atoms with E-state index in [0.29, 0.717) is 0 Å². The molecule has 0 amide bonds. The molecule has 0 aliphatic carbocycles. The van der Waals surface area contributed by atoms with Crippen molar-refractivity contribution in [2.24, 2.45) is 0 Å². The molecule has 2 aromatic rings. The molecule has 94 valence electrons. The van der Waals surface area contributed by atoms with Crippen LogP contribution in [0.4, 0.5) is 5.69 Å². The third-order valence-electron chi connectivity index (χ3n) is 2.68. The normalized spacial score (nSPS) is 11.9. The third-order valence-corrected chi connectivity index (χ3v) is 3.38. The molecule has 4 heteroatoms. The van der Waals surface area contributed by atoms with Crippen molar-refractivity contribution in [2.75, 3.05) is 12.4 Å². The van der Waals surface area contributed by atoms with E-state index < -0.39 is 6.04 Å². The van der Waals surface area contributed by atoms with Crippen LogP contribution in [-0.4, -0.2) is 13.1 Å². The largest absolute Gasteiger partial charge is 0.467 e. The van der Waals surface area contributed by atoms with Crippen LogP contribution in [0, 0.1) is 6.92 Å². The van der Waals surface area contributed by atoms with E-state index in [1.807, 2.05) is 48.0 Å². The number of aryl methyl sites for hydroxylation is 1. The van der Waals surface area contributed by atoms with Gasteiger partial charge in [-0.25, -0.2) is 4.79 Å². The van der Waals surface area contributed by atoms with Crippen molar-refractivity contribution in [1.82, 2.24) is 0 Å². The second-order valence-electron chi connectivity index (χ2n) is 4.02. The zero-order valence-electron chi connectivity index (χ0n) is 10.3. The molecule has 1 N–H and O–H groups in total. The number of thiophene rings is 1. The van der Waals surface area contributed by atoms with E-state index in [1.54, 1.807) is 11.3 Å². The number of hydrogen-bond acceptors (Lipinski definition) is 4. The van der Waals surface area contributed by atoms with Crippen LogP contribution in [0.25, 0.3) is 0 Å². The molecular weight excluding hydrogens is 246 g/mol. The Bertz CT molecular complexity index is 505. The fourth-order valence-electron chi connectivity index (χ4n) is 1.65. The van der Waals surface area contributed by atoms with Gasteiger partial charge in [-0.3, -0.25) is 0 Å². The van der Waals surface area contributed by atoms with Gasteiger partial charge in [-0.15, -0.1) is 0 Å². The summed E-state index contributed by atoms with van der Waals surface area (Å²) in [5, 5.41) is 7.09. The lowest BCUT2D eigenvalue weighted by Gasteiger charge is -2.16. The van der Waals surface area contributed by atoms with Gasteiger partial charge in [-0.05, 0) is 41.4 Å². The lowest BCUT2D eigenvalue weighted by molar-refractivity contribution is -0.141. The number of anilines is 1. The molecule has 1 aromatic carbocycles.